The molecular formula is C17H33I2N3O. The summed E-state index contributed by atoms with van der Waals surface area (Å²) < 4.78 is 7.70. The molecule has 0 atom stereocenters. The molecule has 1 aromatic carbocycles. The summed E-state index contributed by atoms with van der Waals surface area (Å²) >= 11 is 0. The van der Waals surface area contributed by atoms with Crippen LogP contribution >= 0.6 is 0 Å². The van der Waals surface area contributed by atoms with Crippen LogP contribution in [0.4, 0.5) is 5.69 Å². The molecule has 0 unspecified atom stereocenters. The summed E-state index contributed by atoms with van der Waals surface area (Å²) in [5.74, 6) is 0.951. The van der Waals surface area contributed by atoms with Crippen molar-refractivity contribution in [1.82, 2.24) is 0 Å². The van der Waals surface area contributed by atoms with Gasteiger partial charge in [-0.05, 0) is 24.3 Å². The largest absolute Gasteiger partial charge is 1.00 e. The number of halogens is 2. The predicted molar refractivity (Wildman–Crippen MR) is 91.0 cm³/mol. The predicted octanol–water partition coefficient (Wildman–Crippen LogP) is -4.08. The fourth-order valence-corrected chi connectivity index (χ4v) is 1.81. The summed E-state index contributed by atoms with van der Waals surface area (Å²) in [5, 5.41) is 0. The maximum atomic E-state index is 5.79. The van der Waals surface area contributed by atoms with E-state index in [0.717, 1.165) is 41.0 Å². The molecule has 1 rings (SSSR count). The molecule has 1 aromatic rings. The lowest BCUT2D eigenvalue weighted by Crippen LogP contribution is -3.00. The van der Waals surface area contributed by atoms with E-state index in [4.69, 9.17) is 4.74 Å². The topological polar surface area (TPSA) is 12.5 Å². The highest BCUT2D eigenvalue weighted by Gasteiger charge is 2.10. The summed E-state index contributed by atoms with van der Waals surface area (Å²) in [5.41, 5.74) is 1.24. The van der Waals surface area contributed by atoms with Gasteiger partial charge in [0.25, 0.3) is 0 Å². The molecule has 0 N–H and O–H groups in total. The van der Waals surface area contributed by atoms with Crippen molar-refractivity contribution in [3.8, 4) is 5.75 Å². The van der Waals surface area contributed by atoms with Gasteiger partial charge >= 0.3 is 0 Å². The zero-order chi connectivity index (χ0) is 16.1. The van der Waals surface area contributed by atoms with Gasteiger partial charge in [0.05, 0.1) is 55.4 Å². The smallest absolute Gasteiger partial charge is 0.137 e. The number of nitrogens with zero attached hydrogens (tertiary/aromatic N) is 3. The standard InChI is InChI=1S/C17H33N3O.2HI/c1-18(12-13-19(2,3)4)16-8-10-17(11-9-16)21-15-14-20(5,6)7;;/h8-11H,12-15H2,1-7H3;2*1H/q+2;;/p-2. The molecular weight excluding hydrogens is 516 g/mol. The van der Waals surface area contributed by atoms with Gasteiger partial charge in [-0.3, -0.25) is 0 Å². The maximum absolute atomic E-state index is 5.79. The second kappa shape index (κ2) is 10.9. The van der Waals surface area contributed by atoms with Gasteiger partial charge in [-0.25, -0.2) is 0 Å². The van der Waals surface area contributed by atoms with E-state index < -0.39 is 0 Å². The van der Waals surface area contributed by atoms with Crippen LogP contribution in [0, 0.1) is 0 Å². The van der Waals surface area contributed by atoms with Gasteiger partial charge in [-0.2, -0.15) is 0 Å². The van der Waals surface area contributed by atoms with Crippen LogP contribution < -0.4 is 57.6 Å². The molecule has 136 valence electrons. The Morgan fingerprint density at radius 2 is 1.30 bits per heavy atom. The van der Waals surface area contributed by atoms with Crippen molar-refractivity contribution >= 4 is 5.69 Å². The average Bonchev–Trinajstić information content (AvgIpc) is 2.34. The summed E-state index contributed by atoms with van der Waals surface area (Å²) in [6.07, 6.45) is 0. The van der Waals surface area contributed by atoms with Crippen LogP contribution in [0.1, 0.15) is 0 Å². The van der Waals surface area contributed by atoms with Gasteiger partial charge in [-0.1, -0.05) is 0 Å². The Balaban J connectivity index is 0. The number of quaternary nitrogens is 2. The van der Waals surface area contributed by atoms with Crippen molar-refractivity contribution < 1.29 is 61.7 Å². The monoisotopic (exact) mass is 549 g/mol. The summed E-state index contributed by atoms with van der Waals surface area (Å²) in [7, 11) is 15.3. The SMILES string of the molecule is CN(CC[N+](C)(C)C)c1ccc(OCC[N+](C)(C)C)cc1.[I-].[I-]. The van der Waals surface area contributed by atoms with Gasteiger partial charge in [0.2, 0.25) is 0 Å². The highest BCUT2D eigenvalue weighted by Crippen LogP contribution is 2.18. The molecule has 0 amide bonds. The normalized spacial score (nSPS) is 11.3. The highest BCUT2D eigenvalue weighted by atomic mass is 127. The molecule has 23 heavy (non-hydrogen) atoms. The molecule has 0 fully saturated rings. The molecule has 0 aromatic heterocycles. The van der Waals surface area contributed by atoms with Crippen LogP contribution in [0.5, 0.6) is 5.75 Å². The van der Waals surface area contributed by atoms with E-state index in [1.54, 1.807) is 0 Å². The first-order valence-corrected chi connectivity index (χ1v) is 7.62. The zero-order valence-electron chi connectivity index (χ0n) is 15.6. The molecule has 0 saturated carbocycles. The number of likely N-dealkylation sites (N-methyl/N-ethyl adjacent to an activating group) is 3. The third-order valence-corrected chi connectivity index (χ3v) is 3.41. The number of rotatable bonds is 8. The van der Waals surface area contributed by atoms with Crippen LogP contribution in [0.25, 0.3) is 0 Å². The number of hydrogen-bond donors (Lipinski definition) is 0. The van der Waals surface area contributed by atoms with Crippen LogP contribution in [0.3, 0.4) is 0 Å². The van der Waals surface area contributed by atoms with Crippen molar-refractivity contribution in [1.29, 1.82) is 0 Å². The Labute approximate surface area is 177 Å². The third-order valence-electron chi connectivity index (χ3n) is 3.41. The first kappa shape index (κ1) is 25.4. The van der Waals surface area contributed by atoms with E-state index in [1.807, 2.05) is 0 Å². The van der Waals surface area contributed by atoms with Crippen LogP contribution in [0.15, 0.2) is 24.3 Å². The first-order chi connectivity index (χ1) is 9.57. The van der Waals surface area contributed by atoms with E-state index in [0.29, 0.717) is 0 Å². The average molecular weight is 549 g/mol. The van der Waals surface area contributed by atoms with E-state index in [-0.39, 0.29) is 48.0 Å². The van der Waals surface area contributed by atoms with Crippen molar-refractivity contribution in [3.63, 3.8) is 0 Å². The van der Waals surface area contributed by atoms with Crippen molar-refractivity contribution in [2.75, 3.05) is 80.5 Å². The first-order valence-electron chi connectivity index (χ1n) is 7.62. The molecule has 0 spiro atoms. The minimum atomic E-state index is 0. The van der Waals surface area contributed by atoms with Gasteiger partial charge in [0, 0.05) is 12.7 Å². The Bertz CT molecular complexity index is 425. The molecule has 0 heterocycles. The van der Waals surface area contributed by atoms with E-state index >= 15 is 0 Å². The quantitative estimate of drug-likeness (QED) is 0.242. The summed E-state index contributed by atoms with van der Waals surface area (Å²) in [6.45, 7) is 3.93. The van der Waals surface area contributed by atoms with Crippen molar-refractivity contribution in [2.24, 2.45) is 0 Å². The number of anilines is 1. The Kier molecular flexibility index (Phi) is 12.1. The second-order valence-corrected chi connectivity index (χ2v) is 7.79. The molecule has 0 aliphatic heterocycles. The lowest BCUT2D eigenvalue weighted by molar-refractivity contribution is -0.870. The minimum absolute atomic E-state index is 0. The number of benzene rings is 1. The Hall–Kier alpha value is 0.200. The summed E-state index contributed by atoms with van der Waals surface area (Å²) in [4.78, 5) is 2.29. The lowest BCUT2D eigenvalue weighted by atomic mass is 10.2. The lowest BCUT2D eigenvalue weighted by Gasteiger charge is -2.28. The fraction of sp³-hybridized carbons (Fsp3) is 0.647. The highest BCUT2D eigenvalue weighted by molar-refractivity contribution is 5.48. The van der Waals surface area contributed by atoms with E-state index in [2.05, 4.69) is 78.5 Å². The van der Waals surface area contributed by atoms with Crippen LogP contribution in [-0.4, -0.2) is 84.5 Å². The number of ether oxygens (including phenoxy) is 1. The van der Waals surface area contributed by atoms with Gasteiger partial charge in [0.1, 0.15) is 18.9 Å². The fourth-order valence-electron chi connectivity index (χ4n) is 1.81. The van der Waals surface area contributed by atoms with Gasteiger partial charge in [0.15, 0.2) is 0 Å². The molecule has 6 heteroatoms. The van der Waals surface area contributed by atoms with Gasteiger partial charge < -0.3 is 66.6 Å². The Morgan fingerprint density at radius 3 is 1.74 bits per heavy atom. The molecule has 0 aliphatic carbocycles. The molecule has 4 nitrogen and oxygen atoms in total. The molecule has 0 aliphatic rings. The van der Waals surface area contributed by atoms with Crippen molar-refractivity contribution in [3.05, 3.63) is 24.3 Å². The maximum Gasteiger partial charge on any atom is 0.137 e. The molecule has 0 bridgehead atoms. The minimum Gasteiger partial charge on any atom is -1.00 e. The van der Waals surface area contributed by atoms with Crippen LogP contribution in [0.2, 0.25) is 0 Å². The summed E-state index contributed by atoms with van der Waals surface area (Å²) in [6, 6.07) is 8.40. The van der Waals surface area contributed by atoms with E-state index in [1.165, 1.54) is 5.69 Å². The Morgan fingerprint density at radius 1 is 0.826 bits per heavy atom. The molecule has 0 saturated heterocycles. The van der Waals surface area contributed by atoms with Crippen LogP contribution in [-0.2, 0) is 0 Å². The van der Waals surface area contributed by atoms with E-state index in [9.17, 15) is 0 Å². The van der Waals surface area contributed by atoms with Gasteiger partial charge in [-0.15, -0.1) is 0 Å². The number of hydrogen-bond acceptors (Lipinski definition) is 2. The zero-order valence-corrected chi connectivity index (χ0v) is 20.0. The second-order valence-electron chi connectivity index (χ2n) is 7.79. The third kappa shape index (κ3) is 12.2. The molecule has 0 radical (unpaired) electrons. The van der Waals surface area contributed by atoms with Crippen molar-refractivity contribution in [2.45, 2.75) is 0 Å².